The minimum Gasteiger partial charge on any atom is -0.493 e. The van der Waals surface area contributed by atoms with Gasteiger partial charge in [-0.15, -0.1) is 0 Å². The van der Waals surface area contributed by atoms with E-state index in [4.69, 9.17) is 19.7 Å². The summed E-state index contributed by atoms with van der Waals surface area (Å²) in [7, 11) is 3.22. The molecule has 0 bridgehead atoms. The second kappa shape index (κ2) is 4.60. The van der Waals surface area contributed by atoms with Gasteiger partial charge in [0.05, 0.1) is 14.2 Å². The smallest absolute Gasteiger partial charge is 0.169 e. The molecular weight excluding hydrogens is 232 g/mol. The molecule has 0 aliphatic carbocycles. The summed E-state index contributed by atoms with van der Waals surface area (Å²) < 4.78 is 15.9. The number of aromatic nitrogens is 1. The molecule has 0 aliphatic rings. The van der Waals surface area contributed by atoms with E-state index >= 15 is 0 Å². The average molecular weight is 248 g/mol. The molecule has 5 nitrogen and oxygen atoms in total. The average Bonchev–Trinajstić information content (AvgIpc) is 2.75. The van der Waals surface area contributed by atoms with Crippen LogP contribution in [0.5, 0.6) is 11.5 Å². The van der Waals surface area contributed by atoms with Crippen LogP contribution in [0.1, 0.15) is 11.1 Å². The van der Waals surface area contributed by atoms with E-state index < -0.39 is 0 Å². The summed E-state index contributed by atoms with van der Waals surface area (Å²) in [6.07, 6.45) is 0. The van der Waals surface area contributed by atoms with Crippen molar-refractivity contribution in [1.82, 2.24) is 5.16 Å². The van der Waals surface area contributed by atoms with Crippen molar-refractivity contribution in [2.24, 2.45) is 0 Å². The molecule has 1 heterocycles. The summed E-state index contributed by atoms with van der Waals surface area (Å²) in [5.74, 6) is 2.37. The third-order valence-electron chi connectivity index (χ3n) is 2.88. The highest BCUT2D eigenvalue weighted by atomic mass is 16.5. The molecule has 0 radical (unpaired) electrons. The lowest BCUT2D eigenvalue weighted by molar-refractivity contribution is 0.352. The molecule has 1 aromatic heterocycles. The Morgan fingerprint density at radius 1 is 1.17 bits per heavy atom. The predicted molar refractivity (Wildman–Crippen MR) is 68.9 cm³/mol. The third-order valence-corrected chi connectivity index (χ3v) is 2.88. The number of nitrogens with zero attached hydrogens (tertiary/aromatic N) is 1. The number of hydrogen-bond donors (Lipinski definition) is 1. The van der Waals surface area contributed by atoms with Crippen molar-refractivity contribution in [3.05, 3.63) is 23.3 Å². The van der Waals surface area contributed by atoms with Crippen LogP contribution >= 0.6 is 0 Å². The first-order valence-corrected chi connectivity index (χ1v) is 5.53. The minimum atomic E-state index is 0.360. The van der Waals surface area contributed by atoms with Crippen LogP contribution in [-0.4, -0.2) is 19.4 Å². The summed E-state index contributed by atoms with van der Waals surface area (Å²) >= 11 is 0. The van der Waals surface area contributed by atoms with E-state index in [1.807, 2.05) is 19.9 Å². The van der Waals surface area contributed by atoms with Gasteiger partial charge in [-0.3, -0.25) is 0 Å². The van der Waals surface area contributed by atoms with Gasteiger partial charge in [0.2, 0.25) is 0 Å². The lowest BCUT2D eigenvalue weighted by Gasteiger charge is -2.15. The molecule has 0 unspecified atom stereocenters. The quantitative estimate of drug-likeness (QED) is 0.903. The van der Waals surface area contributed by atoms with Gasteiger partial charge in [0.15, 0.2) is 23.1 Å². The molecule has 0 atom stereocenters. The molecular formula is C13H16N2O3. The van der Waals surface area contributed by atoms with Crippen molar-refractivity contribution in [3.63, 3.8) is 0 Å². The van der Waals surface area contributed by atoms with Crippen molar-refractivity contribution in [3.8, 4) is 22.8 Å². The standard InChI is InChI=1S/C13H16N2O3/c1-7-5-10(16-3)13(17-4)8(2)12(7)9-6-11(14)15-18-9/h5-6H,1-4H3,(H2,14,15). The Labute approximate surface area is 105 Å². The molecule has 18 heavy (non-hydrogen) atoms. The van der Waals surface area contributed by atoms with Gasteiger partial charge >= 0.3 is 0 Å². The first-order chi connectivity index (χ1) is 8.58. The number of nitrogens with two attached hydrogens (primary N) is 1. The summed E-state index contributed by atoms with van der Waals surface area (Å²) in [4.78, 5) is 0. The lowest BCUT2D eigenvalue weighted by Crippen LogP contribution is -1.97. The van der Waals surface area contributed by atoms with Crippen molar-refractivity contribution in [2.75, 3.05) is 20.0 Å². The number of hydrogen-bond acceptors (Lipinski definition) is 5. The Morgan fingerprint density at radius 2 is 1.89 bits per heavy atom. The monoisotopic (exact) mass is 248 g/mol. The van der Waals surface area contributed by atoms with E-state index in [9.17, 15) is 0 Å². The largest absolute Gasteiger partial charge is 0.493 e. The van der Waals surface area contributed by atoms with Crippen LogP contribution in [0.2, 0.25) is 0 Å². The maximum absolute atomic E-state index is 5.58. The fourth-order valence-corrected chi connectivity index (χ4v) is 2.12. The molecule has 0 saturated carbocycles. The number of nitrogen functional groups attached to an aromatic ring is 1. The molecule has 2 rings (SSSR count). The molecule has 1 aromatic carbocycles. The molecule has 0 amide bonds. The van der Waals surface area contributed by atoms with Crippen LogP contribution in [0.25, 0.3) is 11.3 Å². The number of rotatable bonds is 3. The number of ether oxygens (including phenoxy) is 2. The highest BCUT2D eigenvalue weighted by molar-refractivity contribution is 5.73. The van der Waals surface area contributed by atoms with E-state index in [-0.39, 0.29) is 0 Å². The second-order valence-electron chi connectivity index (χ2n) is 4.05. The zero-order valence-corrected chi connectivity index (χ0v) is 10.9. The maximum atomic E-state index is 5.58. The summed E-state index contributed by atoms with van der Waals surface area (Å²) in [5, 5.41) is 3.70. The Morgan fingerprint density at radius 3 is 2.39 bits per heavy atom. The van der Waals surface area contributed by atoms with E-state index in [0.29, 0.717) is 23.1 Å². The topological polar surface area (TPSA) is 70.5 Å². The number of aryl methyl sites for hydroxylation is 1. The van der Waals surface area contributed by atoms with E-state index in [1.54, 1.807) is 20.3 Å². The number of benzene rings is 1. The number of anilines is 1. The van der Waals surface area contributed by atoms with E-state index in [0.717, 1.165) is 16.7 Å². The molecule has 0 spiro atoms. The van der Waals surface area contributed by atoms with Crippen molar-refractivity contribution in [2.45, 2.75) is 13.8 Å². The van der Waals surface area contributed by atoms with Crippen molar-refractivity contribution in [1.29, 1.82) is 0 Å². The van der Waals surface area contributed by atoms with Gasteiger partial charge < -0.3 is 19.7 Å². The maximum Gasteiger partial charge on any atom is 0.169 e. The van der Waals surface area contributed by atoms with Crippen LogP contribution in [0.15, 0.2) is 16.7 Å². The Bertz CT molecular complexity index is 576. The highest BCUT2D eigenvalue weighted by Gasteiger charge is 2.18. The molecule has 2 aromatic rings. The van der Waals surface area contributed by atoms with Crippen LogP contribution in [-0.2, 0) is 0 Å². The van der Waals surface area contributed by atoms with Gasteiger partial charge in [0.1, 0.15) is 0 Å². The summed E-state index contributed by atoms with van der Waals surface area (Å²) in [6.45, 7) is 3.92. The second-order valence-corrected chi connectivity index (χ2v) is 4.05. The van der Waals surface area contributed by atoms with Gasteiger partial charge in [0.25, 0.3) is 0 Å². The molecule has 5 heteroatoms. The van der Waals surface area contributed by atoms with Gasteiger partial charge in [-0.2, -0.15) is 0 Å². The zero-order chi connectivity index (χ0) is 13.3. The molecule has 0 saturated heterocycles. The fraction of sp³-hybridized carbons (Fsp3) is 0.308. The van der Waals surface area contributed by atoms with Gasteiger partial charge in [-0.25, -0.2) is 0 Å². The van der Waals surface area contributed by atoms with Gasteiger partial charge in [-0.1, -0.05) is 5.16 Å². The molecule has 96 valence electrons. The molecule has 0 aliphatic heterocycles. The van der Waals surface area contributed by atoms with Crippen LogP contribution in [0.4, 0.5) is 5.82 Å². The summed E-state index contributed by atoms with van der Waals surface area (Å²) in [5.41, 5.74) is 8.46. The molecule has 0 fully saturated rings. The van der Waals surface area contributed by atoms with Gasteiger partial charge in [0, 0.05) is 17.2 Å². The zero-order valence-electron chi connectivity index (χ0n) is 10.9. The van der Waals surface area contributed by atoms with Crippen molar-refractivity contribution < 1.29 is 14.0 Å². The fourth-order valence-electron chi connectivity index (χ4n) is 2.12. The first-order valence-electron chi connectivity index (χ1n) is 5.53. The van der Waals surface area contributed by atoms with Gasteiger partial charge in [-0.05, 0) is 25.5 Å². The van der Waals surface area contributed by atoms with Crippen LogP contribution in [0, 0.1) is 13.8 Å². The molecule has 2 N–H and O–H groups in total. The Hall–Kier alpha value is -2.17. The number of methoxy groups -OCH3 is 2. The third kappa shape index (κ3) is 1.88. The Kier molecular flexibility index (Phi) is 3.14. The summed E-state index contributed by atoms with van der Waals surface area (Å²) in [6, 6.07) is 3.60. The Balaban J connectivity index is 2.68. The first kappa shape index (κ1) is 12.3. The van der Waals surface area contributed by atoms with E-state index in [2.05, 4.69) is 5.16 Å². The lowest BCUT2D eigenvalue weighted by atomic mass is 9.99. The van der Waals surface area contributed by atoms with Crippen LogP contribution < -0.4 is 15.2 Å². The SMILES string of the molecule is COc1cc(C)c(-c2cc(N)no2)c(C)c1OC. The highest BCUT2D eigenvalue weighted by Crippen LogP contribution is 2.40. The predicted octanol–water partition coefficient (Wildman–Crippen LogP) is 2.56. The normalized spacial score (nSPS) is 10.4. The van der Waals surface area contributed by atoms with E-state index in [1.165, 1.54) is 0 Å². The minimum absolute atomic E-state index is 0.360. The van der Waals surface area contributed by atoms with Crippen molar-refractivity contribution >= 4 is 5.82 Å². The van der Waals surface area contributed by atoms with Crippen LogP contribution in [0.3, 0.4) is 0 Å².